The van der Waals surface area contributed by atoms with Gasteiger partial charge in [-0.1, -0.05) is 6.07 Å². The van der Waals surface area contributed by atoms with Crippen molar-refractivity contribution in [2.24, 2.45) is 18.9 Å². The Hall–Kier alpha value is -2.94. The number of fused-ring (bicyclic) bond motifs is 1. The fourth-order valence-corrected chi connectivity index (χ4v) is 4.91. The number of aliphatic carboxylic acids is 1. The molecule has 1 aromatic heterocycles. The van der Waals surface area contributed by atoms with Gasteiger partial charge in [-0.05, 0) is 68.8 Å². The summed E-state index contributed by atoms with van der Waals surface area (Å²) in [6, 6.07) is 5.09. The lowest BCUT2D eigenvalue weighted by atomic mass is 9.83. The van der Waals surface area contributed by atoms with Crippen LogP contribution in [-0.2, 0) is 27.9 Å². The number of hydrogen-bond acceptors (Lipinski definition) is 5. The number of aryl methyl sites for hydroxylation is 2. The normalized spacial score (nSPS) is 24.4. The number of imidazole rings is 1. The maximum atomic E-state index is 12.8. The molecular weight excluding hydrogens is 400 g/mol. The van der Waals surface area contributed by atoms with Crippen LogP contribution in [0.2, 0.25) is 0 Å². The van der Waals surface area contributed by atoms with Gasteiger partial charge in [0.15, 0.2) is 0 Å². The number of carbonyl (C=O) groups is 3. The molecule has 2 saturated heterocycles. The van der Waals surface area contributed by atoms with Gasteiger partial charge in [0.05, 0.1) is 17.0 Å². The number of aromatic nitrogens is 2. The van der Waals surface area contributed by atoms with Crippen molar-refractivity contribution in [3.05, 3.63) is 34.2 Å². The van der Waals surface area contributed by atoms with E-state index in [0.29, 0.717) is 18.4 Å². The number of piperidine rings is 2. The number of nitrogens with one attached hydrogen (secondary N) is 2. The Balaban J connectivity index is 1.50. The Morgan fingerprint density at radius 3 is 2.74 bits per heavy atom. The maximum Gasteiger partial charge on any atom is 0.329 e. The van der Waals surface area contributed by atoms with E-state index >= 15 is 0 Å². The van der Waals surface area contributed by atoms with Gasteiger partial charge in [-0.2, -0.15) is 0 Å². The van der Waals surface area contributed by atoms with E-state index in [4.69, 9.17) is 0 Å². The number of hydrogen-bond donors (Lipinski definition) is 3. The molecule has 2 fully saturated rings. The van der Waals surface area contributed by atoms with Crippen molar-refractivity contribution in [2.75, 3.05) is 13.1 Å². The summed E-state index contributed by atoms with van der Waals surface area (Å²) < 4.78 is 3.01. The largest absolute Gasteiger partial charge is 0.481 e. The molecular formula is C22H28N4O5. The quantitative estimate of drug-likeness (QED) is 0.589. The zero-order valence-electron chi connectivity index (χ0n) is 17.6. The van der Waals surface area contributed by atoms with Crippen LogP contribution in [-0.4, -0.2) is 45.1 Å². The average Bonchev–Trinajstić information content (AvgIpc) is 2.99. The molecule has 166 valence electrons. The van der Waals surface area contributed by atoms with E-state index in [9.17, 15) is 24.3 Å². The number of nitrogens with zero attached hydrogens (tertiary/aromatic N) is 2. The number of carboxylic acids is 1. The second-order valence-electron chi connectivity index (χ2n) is 8.59. The fraction of sp³-hybridized carbons (Fsp3) is 0.545. The van der Waals surface area contributed by atoms with Gasteiger partial charge < -0.3 is 10.4 Å². The molecule has 3 heterocycles. The van der Waals surface area contributed by atoms with Crippen molar-refractivity contribution in [3.8, 4) is 0 Å². The molecule has 0 spiro atoms. The SMILES string of the molecule is Cn1c(=O)n(C2CCC(=O)NC2=O)c2ccc(CCCC3CNCCC3C(=O)O)cc21. The van der Waals surface area contributed by atoms with Gasteiger partial charge in [0.1, 0.15) is 6.04 Å². The van der Waals surface area contributed by atoms with Crippen LogP contribution in [0.1, 0.15) is 43.7 Å². The van der Waals surface area contributed by atoms with Crippen molar-refractivity contribution < 1.29 is 19.5 Å². The molecule has 0 radical (unpaired) electrons. The first-order valence-electron chi connectivity index (χ1n) is 10.8. The number of rotatable bonds is 6. The number of carbonyl (C=O) groups excluding carboxylic acids is 2. The molecule has 2 amide bonds. The lowest BCUT2D eigenvalue weighted by molar-refractivity contribution is -0.144. The van der Waals surface area contributed by atoms with Gasteiger partial charge in [-0.3, -0.25) is 28.8 Å². The molecule has 2 aliphatic rings. The molecule has 0 saturated carbocycles. The van der Waals surface area contributed by atoms with E-state index in [1.807, 2.05) is 18.2 Å². The van der Waals surface area contributed by atoms with Crippen LogP contribution in [0.4, 0.5) is 0 Å². The van der Waals surface area contributed by atoms with E-state index in [0.717, 1.165) is 43.4 Å². The maximum absolute atomic E-state index is 12.8. The summed E-state index contributed by atoms with van der Waals surface area (Å²) in [6.45, 7) is 1.49. The highest BCUT2D eigenvalue weighted by atomic mass is 16.4. The lowest BCUT2D eigenvalue weighted by Crippen LogP contribution is -2.44. The lowest BCUT2D eigenvalue weighted by Gasteiger charge is -2.29. The fourth-order valence-electron chi connectivity index (χ4n) is 4.91. The summed E-state index contributed by atoms with van der Waals surface area (Å²) >= 11 is 0. The monoisotopic (exact) mass is 428 g/mol. The van der Waals surface area contributed by atoms with Crippen LogP contribution in [0, 0.1) is 11.8 Å². The van der Waals surface area contributed by atoms with E-state index < -0.39 is 17.9 Å². The predicted molar refractivity (Wildman–Crippen MR) is 114 cm³/mol. The highest BCUT2D eigenvalue weighted by molar-refractivity contribution is 6.00. The van der Waals surface area contributed by atoms with Gasteiger partial charge in [-0.25, -0.2) is 4.79 Å². The Morgan fingerprint density at radius 2 is 2.00 bits per heavy atom. The molecule has 9 nitrogen and oxygen atoms in total. The summed E-state index contributed by atoms with van der Waals surface area (Å²) in [5, 5.41) is 15.0. The third kappa shape index (κ3) is 4.14. The van der Waals surface area contributed by atoms with Crippen LogP contribution >= 0.6 is 0 Å². The standard InChI is InChI=1S/C22H28N4O5/c1-25-18-11-13(3-2-4-14-12-23-10-9-15(14)21(29)30)5-6-16(18)26(22(25)31)17-7-8-19(27)24-20(17)28/h5-6,11,14-15,17,23H,2-4,7-10,12H2,1H3,(H,29,30)(H,24,27,28). The van der Waals surface area contributed by atoms with Crippen molar-refractivity contribution in [3.63, 3.8) is 0 Å². The highest BCUT2D eigenvalue weighted by Crippen LogP contribution is 2.26. The molecule has 3 unspecified atom stereocenters. The highest BCUT2D eigenvalue weighted by Gasteiger charge is 2.32. The third-order valence-corrected chi connectivity index (χ3v) is 6.64. The summed E-state index contributed by atoms with van der Waals surface area (Å²) in [5.74, 6) is -1.61. The Kier molecular flexibility index (Phi) is 5.95. The van der Waals surface area contributed by atoms with Crippen LogP contribution in [0.3, 0.4) is 0 Å². The summed E-state index contributed by atoms with van der Waals surface area (Å²) in [6.07, 6.45) is 3.68. The smallest absolute Gasteiger partial charge is 0.329 e. The minimum Gasteiger partial charge on any atom is -0.481 e. The first-order chi connectivity index (χ1) is 14.9. The van der Waals surface area contributed by atoms with E-state index in [1.54, 1.807) is 7.05 Å². The number of benzene rings is 1. The van der Waals surface area contributed by atoms with Gasteiger partial charge in [0.2, 0.25) is 11.8 Å². The molecule has 1 aromatic carbocycles. The zero-order chi connectivity index (χ0) is 22.1. The minimum atomic E-state index is -0.710. The predicted octanol–water partition coefficient (Wildman–Crippen LogP) is 0.951. The molecule has 2 aromatic rings. The van der Waals surface area contributed by atoms with Crippen LogP contribution in [0.5, 0.6) is 0 Å². The van der Waals surface area contributed by atoms with Crippen LogP contribution in [0.25, 0.3) is 11.0 Å². The first kappa shape index (κ1) is 21.3. The average molecular weight is 428 g/mol. The molecule has 4 rings (SSSR count). The summed E-state index contributed by atoms with van der Waals surface area (Å²) in [5.41, 5.74) is 2.21. The molecule has 0 bridgehead atoms. The number of carboxylic acid groups (broad SMARTS) is 1. The number of imide groups is 1. The Labute approximate surface area is 179 Å². The molecule has 0 aliphatic carbocycles. The number of amides is 2. The van der Waals surface area contributed by atoms with E-state index in [-0.39, 0.29) is 29.9 Å². The van der Waals surface area contributed by atoms with Crippen molar-refractivity contribution in [2.45, 2.75) is 44.6 Å². The second-order valence-corrected chi connectivity index (χ2v) is 8.59. The van der Waals surface area contributed by atoms with E-state index in [1.165, 1.54) is 9.13 Å². The Bertz CT molecular complexity index is 1090. The summed E-state index contributed by atoms with van der Waals surface area (Å²) in [7, 11) is 1.68. The van der Waals surface area contributed by atoms with Crippen LogP contribution < -0.4 is 16.3 Å². The van der Waals surface area contributed by atoms with Crippen molar-refractivity contribution in [1.82, 2.24) is 19.8 Å². The minimum absolute atomic E-state index is 0.132. The third-order valence-electron chi connectivity index (χ3n) is 6.64. The second kappa shape index (κ2) is 8.66. The summed E-state index contributed by atoms with van der Waals surface area (Å²) in [4.78, 5) is 48.1. The van der Waals surface area contributed by atoms with Crippen molar-refractivity contribution >= 4 is 28.8 Å². The van der Waals surface area contributed by atoms with Gasteiger partial charge in [0.25, 0.3) is 0 Å². The van der Waals surface area contributed by atoms with Gasteiger partial charge in [0, 0.05) is 13.5 Å². The Morgan fingerprint density at radius 1 is 1.19 bits per heavy atom. The topological polar surface area (TPSA) is 122 Å². The zero-order valence-corrected chi connectivity index (χ0v) is 17.6. The molecule has 9 heteroatoms. The molecule has 31 heavy (non-hydrogen) atoms. The van der Waals surface area contributed by atoms with Crippen molar-refractivity contribution in [1.29, 1.82) is 0 Å². The van der Waals surface area contributed by atoms with Gasteiger partial charge in [-0.15, -0.1) is 0 Å². The first-order valence-corrected chi connectivity index (χ1v) is 10.8. The molecule has 3 atom stereocenters. The molecule has 2 aliphatic heterocycles. The van der Waals surface area contributed by atoms with Gasteiger partial charge >= 0.3 is 11.7 Å². The molecule has 3 N–H and O–H groups in total. The van der Waals surface area contributed by atoms with E-state index in [2.05, 4.69) is 10.6 Å². The van der Waals surface area contributed by atoms with Crippen LogP contribution in [0.15, 0.2) is 23.0 Å².